The Bertz CT molecular complexity index is 688. The van der Waals surface area contributed by atoms with E-state index in [-0.39, 0.29) is 18.7 Å². The molecule has 5 nitrogen and oxygen atoms in total. The summed E-state index contributed by atoms with van der Waals surface area (Å²) in [4.78, 5) is 18.5. The number of carbonyl (C=O) groups is 1. The van der Waals surface area contributed by atoms with Crippen molar-refractivity contribution in [1.29, 1.82) is 0 Å². The number of ether oxygens (including phenoxy) is 2. The molecule has 0 bridgehead atoms. The van der Waals surface area contributed by atoms with Crippen LogP contribution in [0.3, 0.4) is 0 Å². The standard InChI is InChI=1S/C18H20N2O3/c1-3-20(18(21)15-6-8-19-9-7-15)13(2)10-14-4-5-16-17(11-14)23-12-22-16/h4-9,11,13H,3,10,12H2,1-2H3. The Morgan fingerprint density at radius 2 is 1.96 bits per heavy atom. The van der Waals surface area contributed by atoms with Gasteiger partial charge in [0.15, 0.2) is 11.5 Å². The van der Waals surface area contributed by atoms with Crippen molar-refractivity contribution in [3.8, 4) is 11.5 Å². The summed E-state index contributed by atoms with van der Waals surface area (Å²) >= 11 is 0. The molecule has 0 spiro atoms. The molecule has 1 aromatic carbocycles. The molecule has 1 aromatic heterocycles. The molecular weight excluding hydrogens is 292 g/mol. The molecule has 3 rings (SSSR count). The molecule has 1 unspecified atom stereocenters. The van der Waals surface area contributed by atoms with Crippen LogP contribution in [0.15, 0.2) is 42.7 Å². The predicted octanol–water partition coefficient (Wildman–Crippen LogP) is 2.90. The molecule has 2 heterocycles. The van der Waals surface area contributed by atoms with Gasteiger partial charge in [0.05, 0.1) is 0 Å². The molecule has 1 aliphatic heterocycles. The lowest BCUT2D eigenvalue weighted by Gasteiger charge is -2.28. The van der Waals surface area contributed by atoms with Crippen molar-refractivity contribution in [1.82, 2.24) is 9.88 Å². The number of hydrogen-bond acceptors (Lipinski definition) is 4. The zero-order valence-electron chi connectivity index (χ0n) is 13.4. The summed E-state index contributed by atoms with van der Waals surface area (Å²) < 4.78 is 10.7. The second kappa shape index (κ2) is 6.69. The van der Waals surface area contributed by atoms with E-state index in [0.29, 0.717) is 12.1 Å². The number of amides is 1. The smallest absolute Gasteiger partial charge is 0.254 e. The van der Waals surface area contributed by atoms with Crippen LogP contribution in [-0.4, -0.2) is 35.2 Å². The summed E-state index contributed by atoms with van der Waals surface area (Å²) in [6, 6.07) is 9.52. The van der Waals surface area contributed by atoms with Gasteiger partial charge in [0, 0.05) is 30.5 Å². The predicted molar refractivity (Wildman–Crippen MR) is 86.7 cm³/mol. The van der Waals surface area contributed by atoms with Crippen LogP contribution in [0.25, 0.3) is 0 Å². The lowest BCUT2D eigenvalue weighted by atomic mass is 10.0. The van der Waals surface area contributed by atoms with E-state index in [2.05, 4.69) is 11.9 Å². The van der Waals surface area contributed by atoms with Gasteiger partial charge < -0.3 is 14.4 Å². The average molecular weight is 312 g/mol. The third-order valence-corrected chi connectivity index (χ3v) is 4.03. The van der Waals surface area contributed by atoms with Crippen LogP contribution in [0.5, 0.6) is 11.5 Å². The van der Waals surface area contributed by atoms with Crippen LogP contribution in [0, 0.1) is 0 Å². The van der Waals surface area contributed by atoms with E-state index >= 15 is 0 Å². The van der Waals surface area contributed by atoms with E-state index in [9.17, 15) is 4.79 Å². The Balaban J connectivity index is 1.73. The Kier molecular flexibility index (Phi) is 4.46. The maximum Gasteiger partial charge on any atom is 0.254 e. The monoisotopic (exact) mass is 312 g/mol. The van der Waals surface area contributed by atoms with Crippen molar-refractivity contribution in [2.24, 2.45) is 0 Å². The molecule has 0 N–H and O–H groups in total. The summed E-state index contributed by atoms with van der Waals surface area (Å²) in [5.74, 6) is 1.59. The summed E-state index contributed by atoms with van der Waals surface area (Å²) in [5.41, 5.74) is 1.79. The molecule has 0 fully saturated rings. The first kappa shape index (κ1) is 15.3. The van der Waals surface area contributed by atoms with Crippen molar-refractivity contribution >= 4 is 5.91 Å². The molecule has 0 radical (unpaired) electrons. The molecule has 120 valence electrons. The molecular formula is C18H20N2O3. The Hall–Kier alpha value is -2.56. The minimum Gasteiger partial charge on any atom is -0.454 e. The second-order valence-corrected chi connectivity index (χ2v) is 5.57. The van der Waals surface area contributed by atoms with Crippen molar-refractivity contribution < 1.29 is 14.3 Å². The second-order valence-electron chi connectivity index (χ2n) is 5.57. The van der Waals surface area contributed by atoms with Gasteiger partial charge >= 0.3 is 0 Å². The minimum atomic E-state index is 0.0307. The van der Waals surface area contributed by atoms with Gasteiger partial charge in [-0.3, -0.25) is 9.78 Å². The van der Waals surface area contributed by atoms with Crippen molar-refractivity contribution in [2.45, 2.75) is 26.3 Å². The van der Waals surface area contributed by atoms with Crippen LogP contribution in [0.4, 0.5) is 0 Å². The van der Waals surface area contributed by atoms with Gasteiger partial charge in [0.1, 0.15) is 0 Å². The third kappa shape index (κ3) is 3.28. The number of nitrogens with zero attached hydrogens (tertiary/aromatic N) is 2. The fraction of sp³-hybridized carbons (Fsp3) is 0.333. The number of aromatic nitrogens is 1. The number of rotatable bonds is 5. The van der Waals surface area contributed by atoms with Gasteiger partial charge in [-0.25, -0.2) is 0 Å². The highest BCUT2D eigenvalue weighted by atomic mass is 16.7. The summed E-state index contributed by atoms with van der Waals surface area (Å²) in [7, 11) is 0. The number of benzene rings is 1. The summed E-state index contributed by atoms with van der Waals surface area (Å²) in [6.07, 6.45) is 4.05. The Morgan fingerprint density at radius 1 is 1.22 bits per heavy atom. The highest BCUT2D eigenvalue weighted by Crippen LogP contribution is 2.33. The zero-order valence-corrected chi connectivity index (χ0v) is 13.4. The molecule has 0 aliphatic carbocycles. The molecule has 2 aromatic rings. The molecule has 23 heavy (non-hydrogen) atoms. The first-order valence-corrected chi connectivity index (χ1v) is 7.78. The highest BCUT2D eigenvalue weighted by molar-refractivity contribution is 5.94. The Morgan fingerprint density at radius 3 is 2.70 bits per heavy atom. The SMILES string of the molecule is CCN(C(=O)c1ccncc1)C(C)Cc1ccc2c(c1)OCO2. The van der Waals surface area contributed by atoms with Crippen LogP contribution < -0.4 is 9.47 Å². The van der Waals surface area contributed by atoms with Crippen LogP contribution in [0.2, 0.25) is 0 Å². The van der Waals surface area contributed by atoms with E-state index < -0.39 is 0 Å². The maximum absolute atomic E-state index is 12.6. The number of fused-ring (bicyclic) bond motifs is 1. The van der Waals surface area contributed by atoms with Crippen molar-refractivity contribution in [2.75, 3.05) is 13.3 Å². The van der Waals surface area contributed by atoms with Gasteiger partial charge in [0.2, 0.25) is 6.79 Å². The largest absolute Gasteiger partial charge is 0.454 e. The van der Waals surface area contributed by atoms with Crippen LogP contribution in [0.1, 0.15) is 29.8 Å². The quantitative estimate of drug-likeness (QED) is 0.852. The van der Waals surface area contributed by atoms with Gasteiger partial charge in [-0.2, -0.15) is 0 Å². The van der Waals surface area contributed by atoms with E-state index in [1.807, 2.05) is 30.0 Å². The summed E-state index contributed by atoms with van der Waals surface area (Å²) in [5, 5.41) is 0. The lowest BCUT2D eigenvalue weighted by Crippen LogP contribution is -2.39. The van der Waals surface area contributed by atoms with E-state index in [0.717, 1.165) is 23.5 Å². The molecule has 1 atom stereocenters. The third-order valence-electron chi connectivity index (χ3n) is 4.03. The highest BCUT2D eigenvalue weighted by Gasteiger charge is 2.21. The number of hydrogen-bond donors (Lipinski definition) is 0. The minimum absolute atomic E-state index is 0.0307. The number of likely N-dealkylation sites (N-methyl/N-ethyl adjacent to an activating group) is 1. The van der Waals surface area contributed by atoms with Crippen LogP contribution in [-0.2, 0) is 6.42 Å². The van der Waals surface area contributed by atoms with Gasteiger partial charge in [-0.15, -0.1) is 0 Å². The molecule has 0 saturated carbocycles. The van der Waals surface area contributed by atoms with E-state index in [1.54, 1.807) is 24.5 Å². The molecule has 1 aliphatic rings. The zero-order chi connectivity index (χ0) is 16.2. The topological polar surface area (TPSA) is 51.7 Å². The fourth-order valence-corrected chi connectivity index (χ4v) is 2.83. The fourth-order valence-electron chi connectivity index (χ4n) is 2.83. The first-order valence-electron chi connectivity index (χ1n) is 7.78. The summed E-state index contributed by atoms with van der Waals surface area (Å²) in [6.45, 7) is 4.99. The van der Waals surface area contributed by atoms with Crippen molar-refractivity contribution in [3.63, 3.8) is 0 Å². The lowest BCUT2D eigenvalue weighted by molar-refractivity contribution is 0.0703. The number of pyridine rings is 1. The van der Waals surface area contributed by atoms with Gasteiger partial charge in [-0.1, -0.05) is 6.07 Å². The first-order chi connectivity index (χ1) is 11.2. The normalized spacial score (nSPS) is 13.7. The number of carbonyl (C=O) groups excluding carboxylic acids is 1. The van der Waals surface area contributed by atoms with Crippen LogP contribution >= 0.6 is 0 Å². The molecule has 1 amide bonds. The van der Waals surface area contributed by atoms with E-state index in [4.69, 9.17) is 9.47 Å². The van der Waals surface area contributed by atoms with Gasteiger partial charge in [0.25, 0.3) is 5.91 Å². The average Bonchev–Trinajstić information content (AvgIpc) is 3.04. The Labute approximate surface area is 135 Å². The maximum atomic E-state index is 12.6. The molecule has 0 saturated heterocycles. The molecule has 5 heteroatoms. The van der Waals surface area contributed by atoms with Gasteiger partial charge in [-0.05, 0) is 50.1 Å². The van der Waals surface area contributed by atoms with E-state index in [1.165, 1.54) is 0 Å². The van der Waals surface area contributed by atoms with Crippen molar-refractivity contribution in [3.05, 3.63) is 53.9 Å².